The highest BCUT2D eigenvalue weighted by molar-refractivity contribution is 7.09. The molecule has 1 aliphatic carbocycles. The van der Waals surface area contributed by atoms with Gasteiger partial charge in [0.1, 0.15) is 0 Å². The van der Waals surface area contributed by atoms with E-state index in [0.29, 0.717) is 6.04 Å². The molecule has 0 bridgehead atoms. The van der Waals surface area contributed by atoms with Crippen molar-refractivity contribution < 1.29 is 0 Å². The lowest BCUT2D eigenvalue weighted by Crippen LogP contribution is -2.28. The molecule has 0 spiro atoms. The van der Waals surface area contributed by atoms with Crippen molar-refractivity contribution in [3.63, 3.8) is 0 Å². The van der Waals surface area contributed by atoms with Gasteiger partial charge in [0.05, 0.1) is 5.51 Å². The molecule has 0 aromatic carbocycles. The molecular formula is C13H21N3S. The van der Waals surface area contributed by atoms with Crippen LogP contribution in [-0.2, 0) is 0 Å². The molecular weight excluding hydrogens is 230 g/mol. The number of nitrogens with one attached hydrogen (secondary N) is 1. The van der Waals surface area contributed by atoms with Crippen LogP contribution in [0.2, 0.25) is 0 Å². The van der Waals surface area contributed by atoms with Gasteiger partial charge in [0.25, 0.3) is 0 Å². The van der Waals surface area contributed by atoms with Crippen molar-refractivity contribution in [2.45, 2.75) is 38.3 Å². The molecule has 2 heterocycles. The number of likely N-dealkylation sites (tertiary alicyclic amines) is 1. The van der Waals surface area contributed by atoms with Crippen LogP contribution in [0, 0.1) is 5.92 Å². The third-order valence-electron chi connectivity index (χ3n) is 3.97. The third-order valence-corrected chi connectivity index (χ3v) is 4.93. The van der Waals surface area contributed by atoms with Crippen molar-refractivity contribution in [2.24, 2.45) is 5.92 Å². The molecule has 1 aromatic heterocycles. The molecule has 3 nitrogen and oxygen atoms in total. The lowest BCUT2D eigenvalue weighted by molar-refractivity contribution is 0.310. The van der Waals surface area contributed by atoms with Crippen LogP contribution in [0.5, 0.6) is 0 Å². The summed E-state index contributed by atoms with van der Waals surface area (Å²) in [7, 11) is 0. The van der Waals surface area contributed by atoms with Gasteiger partial charge >= 0.3 is 0 Å². The molecule has 1 aliphatic heterocycles. The Bertz CT molecular complexity index is 348. The van der Waals surface area contributed by atoms with E-state index >= 15 is 0 Å². The molecule has 0 radical (unpaired) electrons. The zero-order valence-corrected chi connectivity index (χ0v) is 11.2. The largest absolute Gasteiger partial charge is 0.309 e. The topological polar surface area (TPSA) is 28.2 Å². The number of aromatic nitrogens is 1. The number of thiazole rings is 1. The second kappa shape index (κ2) is 5.04. The van der Waals surface area contributed by atoms with E-state index in [1.807, 2.05) is 11.7 Å². The number of hydrogen-bond acceptors (Lipinski definition) is 4. The Morgan fingerprint density at radius 1 is 1.53 bits per heavy atom. The SMILES string of the molecule is CC(NCC1CCN(C2CC2)C1)c1cncs1. The fourth-order valence-corrected chi connectivity index (χ4v) is 3.34. The maximum absolute atomic E-state index is 4.14. The van der Waals surface area contributed by atoms with Crippen molar-refractivity contribution >= 4 is 11.3 Å². The summed E-state index contributed by atoms with van der Waals surface area (Å²) in [4.78, 5) is 8.17. The summed E-state index contributed by atoms with van der Waals surface area (Å²) in [6.45, 7) is 6.03. The maximum atomic E-state index is 4.14. The first-order valence-corrected chi connectivity index (χ1v) is 7.56. The number of rotatable bonds is 5. The summed E-state index contributed by atoms with van der Waals surface area (Å²) in [6.07, 6.45) is 6.24. The molecule has 94 valence electrons. The molecule has 2 atom stereocenters. The van der Waals surface area contributed by atoms with Gasteiger partial charge in [-0.3, -0.25) is 4.98 Å². The Hall–Kier alpha value is -0.450. The Balaban J connectivity index is 1.42. The smallest absolute Gasteiger partial charge is 0.0794 e. The highest BCUT2D eigenvalue weighted by Gasteiger charge is 2.34. The van der Waals surface area contributed by atoms with Gasteiger partial charge in [0.15, 0.2) is 0 Å². The monoisotopic (exact) mass is 251 g/mol. The molecule has 4 heteroatoms. The zero-order chi connectivity index (χ0) is 11.7. The van der Waals surface area contributed by atoms with Gasteiger partial charge in [0.2, 0.25) is 0 Å². The van der Waals surface area contributed by atoms with Crippen LogP contribution in [0.1, 0.15) is 37.1 Å². The van der Waals surface area contributed by atoms with Crippen LogP contribution >= 0.6 is 11.3 Å². The van der Waals surface area contributed by atoms with Crippen LogP contribution in [0.3, 0.4) is 0 Å². The number of nitrogens with zero attached hydrogens (tertiary/aromatic N) is 2. The summed E-state index contributed by atoms with van der Waals surface area (Å²) in [5.41, 5.74) is 1.91. The van der Waals surface area contributed by atoms with Gasteiger partial charge in [-0.1, -0.05) is 0 Å². The maximum Gasteiger partial charge on any atom is 0.0794 e. The highest BCUT2D eigenvalue weighted by Crippen LogP contribution is 2.31. The normalized spacial score (nSPS) is 27.5. The Labute approximate surface area is 107 Å². The Morgan fingerprint density at radius 2 is 2.41 bits per heavy atom. The van der Waals surface area contributed by atoms with Crippen molar-refractivity contribution in [3.05, 3.63) is 16.6 Å². The van der Waals surface area contributed by atoms with Gasteiger partial charge in [-0.15, -0.1) is 11.3 Å². The van der Waals surface area contributed by atoms with Crippen molar-refractivity contribution in [2.75, 3.05) is 19.6 Å². The summed E-state index contributed by atoms with van der Waals surface area (Å²) in [5.74, 6) is 0.853. The van der Waals surface area contributed by atoms with Gasteiger partial charge in [0, 0.05) is 29.7 Å². The fourth-order valence-electron chi connectivity index (χ4n) is 2.68. The van der Waals surface area contributed by atoms with Crippen molar-refractivity contribution in [1.82, 2.24) is 15.2 Å². The third kappa shape index (κ3) is 2.87. The van der Waals surface area contributed by atoms with Crippen LogP contribution in [-0.4, -0.2) is 35.6 Å². The van der Waals surface area contributed by atoms with Gasteiger partial charge in [-0.05, 0) is 45.2 Å². The summed E-state index contributed by atoms with van der Waals surface area (Å²) in [6, 6.07) is 1.40. The van der Waals surface area contributed by atoms with E-state index in [4.69, 9.17) is 0 Å². The van der Waals surface area contributed by atoms with Crippen molar-refractivity contribution in [1.29, 1.82) is 0 Å². The average molecular weight is 251 g/mol. The van der Waals surface area contributed by atoms with Crippen LogP contribution in [0.25, 0.3) is 0 Å². The molecule has 3 rings (SSSR count). The second-order valence-electron chi connectivity index (χ2n) is 5.41. The Morgan fingerprint density at radius 3 is 3.12 bits per heavy atom. The second-order valence-corrected chi connectivity index (χ2v) is 6.33. The molecule has 17 heavy (non-hydrogen) atoms. The fraction of sp³-hybridized carbons (Fsp3) is 0.769. The summed E-state index contributed by atoms with van der Waals surface area (Å²) >= 11 is 1.74. The minimum Gasteiger partial charge on any atom is -0.309 e. The molecule has 1 aromatic rings. The molecule has 1 saturated carbocycles. The first-order chi connectivity index (χ1) is 8.33. The first kappa shape index (κ1) is 11.6. The van der Waals surface area contributed by atoms with Crippen LogP contribution < -0.4 is 5.32 Å². The lowest BCUT2D eigenvalue weighted by atomic mass is 10.1. The zero-order valence-electron chi connectivity index (χ0n) is 10.4. The molecule has 2 aliphatic rings. The highest BCUT2D eigenvalue weighted by atomic mass is 32.1. The first-order valence-electron chi connectivity index (χ1n) is 6.69. The van der Waals surface area contributed by atoms with E-state index in [1.54, 1.807) is 11.3 Å². The van der Waals surface area contributed by atoms with E-state index in [0.717, 1.165) is 18.5 Å². The van der Waals surface area contributed by atoms with E-state index in [2.05, 4.69) is 22.1 Å². The molecule has 1 N–H and O–H groups in total. The molecule has 0 amide bonds. The van der Waals surface area contributed by atoms with Gasteiger partial charge < -0.3 is 10.2 Å². The lowest BCUT2D eigenvalue weighted by Gasteiger charge is -2.17. The van der Waals surface area contributed by atoms with E-state index in [1.165, 1.54) is 37.2 Å². The van der Waals surface area contributed by atoms with E-state index in [9.17, 15) is 0 Å². The summed E-state index contributed by atoms with van der Waals surface area (Å²) in [5, 5.41) is 3.65. The molecule has 2 fully saturated rings. The summed E-state index contributed by atoms with van der Waals surface area (Å²) < 4.78 is 0. The minimum atomic E-state index is 0.456. The average Bonchev–Trinajstić information content (AvgIpc) is 2.88. The van der Waals surface area contributed by atoms with E-state index in [-0.39, 0.29) is 0 Å². The predicted molar refractivity (Wildman–Crippen MR) is 71.2 cm³/mol. The van der Waals surface area contributed by atoms with Crippen LogP contribution in [0.4, 0.5) is 0 Å². The predicted octanol–water partition coefficient (Wildman–Crippen LogP) is 2.28. The quantitative estimate of drug-likeness (QED) is 0.870. The van der Waals surface area contributed by atoms with Gasteiger partial charge in [-0.2, -0.15) is 0 Å². The van der Waals surface area contributed by atoms with Crippen molar-refractivity contribution in [3.8, 4) is 0 Å². The minimum absolute atomic E-state index is 0.456. The standard InChI is InChI=1S/C13H21N3S/c1-10(13-7-14-9-17-13)15-6-11-4-5-16(8-11)12-2-3-12/h7,9-12,15H,2-6,8H2,1H3. The molecule has 2 unspecified atom stereocenters. The molecule has 1 saturated heterocycles. The number of hydrogen-bond donors (Lipinski definition) is 1. The van der Waals surface area contributed by atoms with Gasteiger partial charge in [-0.25, -0.2) is 0 Å². The van der Waals surface area contributed by atoms with E-state index < -0.39 is 0 Å². The Kier molecular flexibility index (Phi) is 3.45. The van der Waals surface area contributed by atoms with Crippen LogP contribution in [0.15, 0.2) is 11.7 Å².